The second kappa shape index (κ2) is 8.88. The van der Waals surface area contributed by atoms with Gasteiger partial charge in [0.2, 0.25) is 0 Å². The highest BCUT2D eigenvalue weighted by Gasteiger charge is 2.19. The Kier molecular flexibility index (Phi) is 6.32. The van der Waals surface area contributed by atoms with E-state index in [0.717, 1.165) is 30.9 Å². The standard InChI is InChI=1S/C21H27N5O/c1-4-18(22-13-14-25(2)3)20-24-19-17(11-8-12-23-19)21(27)26(20)15-16-9-6-5-7-10-16/h5-12,18,22H,4,13-15H2,1-3H3. The lowest BCUT2D eigenvalue weighted by atomic mass is 10.1. The number of nitrogens with one attached hydrogen (secondary N) is 1. The highest BCUT2D eigenvalue weighted by atomic mass is 16.1. The maximum atomic E-state index is 13.2. The molecule has 0 aliphatic rings. The van der Waals surface area contributed by atoms with Crippen LogP contribution in [0.4, 0.5) is 0 Å². The smallest absolute Gasteiger partial charge is 0.263 e. The summed E-state index contributed by atoms with van der Waals surface area (Å²) in [6.07, 6.45) is 2.52. The first-order chi connectivity index (χ1) is 13.1. The Labute approximate surface area is 159 Å². The van der Waals surface area contributed by atoms with E-state index in [1.165, 1.54) is 0 Å². The van der Waals surface area contributed by atoms with Crippen LogP contribution in [-0.2, 0) is 6.54 Å². The molecule has 142 valence electrons. The third-order valence-electron chi connectivity index (χ3n) is 4.61. The number of aromatic nitrogens is 3. The number of hydrogen-bond acceptors (Lipinski definition) is 5. The van der Waals surface area contributed by atoms with E-state index >= 15 is 0 Å². The molecule has 2 aromatic heterocycles. The molecule has 0 saturated carbocycles. The van der Waals surface area contributed by atoms with Gasteiger partial charge in [-0.25, -0.2) is 9.97 Å². The fraction of sp³-hybridized carbons (Fsp3) is 0.381. The normalized spacial score (nSPS) is 12.6. The molecule has 0 amide bonds. The minimum Gasteiger partial charge on any atom is -0.308 e. The lowest BCUT2D eigenvalue weighted by molar-refractivity contribution is 0.373. The Balaban J connectivity index is 2.05. The van der Waals surface area contributed by atoms with E-state index in [1.807, 2.05) is 44.4 Å². The average molecular weight is 365 g/mol. The summed E-state index contributed by atoms with van der Waals surface area (Å²) in [5, 5.41) is 4.10. The SMILES string of the molecule is CCC(NCCN(C)C)c1nc2ncccc2c(=O)n1Cc1ccccc1. The summed E-state index contributed by atoms with van der Waals surface area (Å²) in [5.74, 6) is 0.747. The minimum atomic E-state index is -0.0418. The van der Waals surface area contributed by atoms with Crippen LogP contribution < -0.4 is 10.9 Å². The average Bonchev–Trinajstić information content (AvgIpc) is 2.68. The highest BCUT2D eigenvalue weighted by molar-refractivity contribution is 5.73. The van der Waals surface area contributed by atoms with E-state index < -0.39 is 0 Å². The van der Waals surface area contributed by atoms with Crippen LogP contribution in [-0.4, -0.2) is 46.6 Å². The summed E-state index contributed by atoms with van der Waals surface area (Å²) >= 11 is 0. The van der Waals surface area contributed by atoms with E-state index in [-0.39, 0.29) is 11.6 Å². The molecule has 0 bridgehead atoms. The van der Waals surface area contributed by atoms with Gasteiger partial charge in [-0.05, 0) is 38.2 Å². The van der Waals surface area contributed by atoms with Crippen molar-refractivity contribution in [1.29, 1.82) is 0 Å². The summed E-state index contributed by atoms with van der Waals surface area (Å²) in [5.41, 5.74) is 1.54. The number of fused-ring (bicyclic) bond motifs is 1. The quantitative estimate of drug-likeness (QED) is 0.664. The lowest BCUT2D eigenvalue weighted by Crippen LogP contribution is -2.35. The third kappa shape index (κ3) is 4.59. The topological polar surface area (TPSA) is 63.0 Å². The van der Waals surface area contributed by atoms with Gasteiger partial charge >= 0.3 is 0 Å². The predicted molar refractivity (Wildman–Crippen MR) is 109 cm³/mol. The van der Waals surface area contributed by atoms with Gasteiger partial charge in [-0.1, -0.05) is 37.3 Å². The molecule has 0 spiro atoms. The maximum absolute atomic E-state index is 13.2. The van der Waals surface area contributed by atoms with Crippen molar-refractivity contribution in [3.63, 3.8) is 0 Å². The van der Waals surface area contributed by atoms with Crippen LogP contribution in [0.5, 0.6) is 0 Å². The summed E-state index contributed by atoms with van der Waals surface area (Å²) in [6, 6.07) is 13.6. The number of benzene rings is 1. The minimum absolute atomic E-state index is 0.00670. The molecule has 3 rings (SSSR count). The molecule has 1 unspecified atom stereocenters. The Morgan fingerprint density at radius 2 is 1.93 bits per heavy atom. The number of hydrogen-bond donors (Lipinski definition) is 1. The van der Waals surface area contributed by atoms with Gasteiger partial charge < -0.3 is 10.2 Å². The van der Waals surface area contributed by atoms with Crippen molar-refractivity contribution in [2.24, 2.45) is 0 Å². The molecule has 3 aromatic rings. The first kappa shape index (κ1) is 19.2. The first-order valence-corrected chi connectivity index (χ1v) is 9.37. The van der Waals surface area contributed by atoms with E-state index in [9.17, 15) is 4.79 Å². The molecule has 1 aromatic carbocycles. The van der Waals surface area contributed by atoms with Gasteiger partial charge in [0.25, 0.3) is 5.56 Å². The van der Waals surface area contributed by atoms with Crippen molar-refractivity contribution < 1.29 is 0 Å². The molecule has 6 nitrogen and oxygen atoms in total. The Morgan fingerprint density at radius 3 is 2.63 bits per heavy atom. The summed E-state index contributed by atoms with van der Waals surface area (Å²) < 4.78 is 1.79. The van der Waals surface area contributed by atoms with E-state index in [2.05, 4.69) is 22.1 Å². The van der Waals surface area contributed by atoms with E-state index in [4.69, 9.17) is 4.98 Å². The zero-order chi connectivity index (χ0) is 19.2. The van der Waals surface area contributed by atoms with Crippen LogP contribution in [0.3, 0.4) is 0 Å². The second-order valence-corrected chi connectivity index (χ2v) is 6.94. The lowest BCUT2D eigenvalue weighted by Gasteiger charge is -2.22. The number of likely N-dealkylation sites (N-methyl/N-ethyl adjacent to an activating group) is 1. The van der Waals surface area contributed by atoms with Crippen LogP contribution in [0, 0.1) is 0 Å². The largest absolute Gasteiger partial charge is 0.308 e. The fourth-order valence-corrected chi connectivity index (χ4v) is 3.14. The van der Waals surface area contributed by atoms with Gasteiger partial charge in [0, 0.05) is 19.3 Å². The summed E-state index contributed by atoms with van der Waals surface area (Å²) in [7, 11) is 4.10. The van der Waals surface area contributed by atoms with Crippen molar-refractivity contribution in [3.05, 3.63) is 70.4 Å². The maximum Gasteiger partial charge on any atom is 0.263 e. The molecule has 2 heterocycles. The van der Waals surface area contributed by atoms with Crippen LogP contribution in [0.25, 0.3) is 11.0 Å². The fourth-order valence-electron chi connectivity index (χ4n) is 3.14. The summed E-state index contributed by atoms with van der Waals surface area (Å²) in [6.45, 7) is 4.35. The van der Waals surface area contributed by atoms with Crippen molar-refractivity contribution in [1.82, 2.24) is 24.8 Å². The molecule has 0 aliphatic heterocycles. The molecule has 0 aliphatic carbocycles. The number of pyridine rings is 1. The molecule has 0 saturated heterocycles. The molecular weight excluding hydrogens is 338 g/mol. The van der Waals surface area contributed by atoms with E-state index in [1.54, 1.807) is 22.9 Å². The van der Waals surface area contributed by atoms with Crippen molar-refractivity contribution >= 4 is 11.0 Å². The predicted octanol–water partition coefficient (Wildman–Crippen LogP) is 2.44. The molecule has 1 N–H and O–H groups in total. The van der Waals surface area contributed by atoms with Gasteiger partial charge in [-0.2, -0.15) is 0 Å². The van der Waals surface area contributed by atoms with Gasteiger partial charge in [-0.15, -0.1) is 0 Å². The van der Waals surface area contributed by atoms with Crippen LogP contribution in [0.2, 0.25) is 0 Å². The number of rotatable bonds is 8. The Hall–Kier alpha value is -2.57. The third-order valence-corrected chi connectivity index (χ3v) is 4.61. The van der Waals surface area contributed by atoms with Gasteiger partial charge in [0.1, 0.15) is 5.82 Å². The van der Waals surface area contributed by atoms with Gasteiger partial charge in [0.15, 0.2) is 5.65 Å². The van der Waals surface area contributed by atoms with Crippen LogP contribution >= 0.6 is 0 Å². The first-order valence-electron chi connectivity index (χ1n) is 9.37. The highest BCUT2D eigenvalue weighted by Crippen LogP contribution is 2.17. The van der Waals surface area contributed by atoms with Gasteiger partial charge in [-0.3, -0.25) is 9.36 Å². The summed E-state index contributed by atoms with van der Waals surface area (Å²) in [4.78, 5) is 24.4. The molecule has 0 radical (unpaired) electrons. The molecule has 27 heavy (non-hydrogen) atoms. The molecule has 0 fully saturated rings. The van der Waals surface area contributed by atoms with Crippen molar-refractivity contribution in [2.45, 2.75) is 25.9 Å². The Bertz CT molecular complexity index is 936. The molecular formula is C21H27N5O. The molecule has 6 heteroatoms. The van der Waals surface area contributed by atoms with Crippen LogP contribution in [0.1, 0.15) is 30.8 Å². The van der Waals surface area contributed by atoms with Crippen molar-refractivity contribution in [3.8, 4) is 0 Å². The monoisotopic (exact) mass is 365 g/mol. The van der Waals surface area contributed by atoms with Gasteiger partial charge in [0.05, 0.1) is 18.0 Å². The van der Waals surface area contributed by atoms with Crippen LogP contribution in [0.15, 0.2) is 53.5 Å². The van der Waals surface area contributed by atoms with Crippen molar-refractivity contribution in [2.75, 3.05) is 27.2 Å². The Morgan fingerprint density at radius 1 is 1.15 bits per heavy atom. The zero-order valence-electron chi connectivity index (χ0n) is 16.2. The molecule has 1 atom stereocenters. The van der Waals surface area contributed by atoms with E-state index in [0.29, 0.717) is 17.6 Å². The number of nitrogens with zero attached hydrogens (tertiary/aromatic N) is 4. The second-order valence-electron chi connectivity index (χ2n) is 6.94. The zero-order valence-corrected chi connectivity index (χ0v) is 16.2.